The first kappa shape index (κ1) is 12.9. The highest BCUT2D eigenvalue weighted by Crippen LogP contribution is 2.31. The van der Waals surface area contributed by atoms with E-state index in [2.05, 4.69) is 5.10 Å². The molecule has 0 bridgehead atoms. The fraction of sp³-hybridized carbons (Fsp3) is 0.700. The van der Waals surface area contributed by atoms with Crippen LogP contribution in [-0.4, -0.2) is 29.2 Å². The maximum absolute atomic E-state index is 12.0. The number of hydrogen-bond acceptors (Lipinski definition) is 4. The van der Waals surface area contributed by atoms with Gasteiger partial charge in [0.15, 0.2) is 9.84 Å². The summed E-state index contributed by atoms with van der Waals surface area (Å²) < 4.78 is 25.5. The molecule has 2 atom stereocenters. The molecule has 2 heterocycles. The van der Waals surface area contributed by atoms with E-state index in [0.717, 1.165) is 12.8 Å². The number of rotatable bonds is 2. The summed E-state index contributed by atoms with van der Waals surface area (Å²) in [5, 5.41) is 3.88. The Morgan fingerprint density at radius 3 is 2.82 bits per heavy atom. The van der Waals surface area contributed by atoms with Crippen molar-refractivity contribution in [1.82, 2.24) is 9.78 Å². The van der Waals surface area contributed by atoms with Crippen LogP contribution in [0.2, 0.25) is 5.02 Å². The van der Waals surface area contributed by atoms with Gasteiger partial charge in [-0.15, -0.1) is 0 Å². The third kappa shape index (κ3) is 2.34. The Kier molecular flexibility index (Phi) is 3.47. The molecule has 17 heavy (non-hydrogen) atoms. The van der Waals surface area contributed by atoms with Gasteiger partial charge in [0.05, 0.1) is 34.0 Å². The minimum atomic E-state index is -3.11. The third-order valence-corrected chi connectivity index (χ3v) is 5.88. The van der Waals surface area contributed by atoms with Crippen LogP contribution >= 0.6 is 11.6 Å². The van der Waals surface area contributed by atoms with Crippen molar-refractivity contribution in [2.75, 3.05) is 5.75 Å². The Balaban J connectivity index is 2.34. The Morgan fingerprint density at radius 2 is 2.29 bits per heavy atom. The molecule has 2 N–H and O–H groups in total. The lowest BCUT2D eigenvalue weighted by Crippen LogP contribution is -2.38. The highest BCUT2D eigenvalue weighted by atomic mass is 35.5. The summed E-state index contributed by atoms with van der Waals surface area (Å²) >= 11 is 5.99. The molecule has 1 aliphatic rings. The van der Waals surface area contributed by atoms with Crippen LogP contribution in [0.25, 0.3) is 0 Å². The van der Waals surface area contributed by atoms with Crippen LogP contribution in [0.5, 0.6) is 0 Å². The van der Waals surface area contributed by atoms with Crippen molar-refractivity contribution < 1.29 is 8.42 Å². The molecule has 1 saturated heterocycles. The van der Waals surface area contributed by atoms with Gasteiger partial charge in [-0.3, -0.25) is 4.68 Å². The summed E-state index contributed by atoms with van der Waals surface area (Å²) in [5.41, 5.74) is 6.67. The summed E-state index contributed by atoms with van der Waals surface area (Å²) in [4.78, 5) is 0. The molecular weight excluding hydrogens is 262 g/mol. The molecule has 96 valence electrons. The number of halogens is 1. The second-order valence-electron chi connectivity index (χ2n) is 4.43. The van der Waals surface area contributed by atoms with Crippen molar-refractivity contribution in [2.24, 2.45) is 12.8 Å². The van der Waals surface area contributed by atoms with E-state index < -0.39 is 21.1 Å². The van der Waals surface area contributed by atoms with Gasteiger partial charge in [0.2, 0.25) is 0 Å². The second-order valence-corrected chi connectivity index (χ2v) is 7.18. The normalized spacial score (nSPS) is 25.7. The van der Waals surface area contributed by atoms with E-state index in [1.54, 1.807) is 11.7 Å². The van der Waals surface area contributed by atoms with E-state index >= 15 is 0 Å². The van der Waals surface area contributed by atoms with Crippen molar-refractivity contribution in [3.8, 4) is 0 Å². The van der Waals surface area contributed by atoms with Crippen LogP contribution in [0, 0.1) is 0 Å². The molecule has 1 aromatic heterocycles. The number of aryl methyl sites for hydroxylation is 1. The first-order valence-electron chi connectivity index (χ1n) is 5.58. The maximum atomic E-state index is 12.0. The highest BCUT2D eigenvalue weighted by molar-refractivity contribution is 7.92. The molecule has 2 unspecified atom stereocenters. The van der Waals surface area contributed by atoms with Crippen molar-refractivity contribution >= 4 is 21.4 Å². The first-order valence-corrected chi connectivity index (χ1v) is 7.67. The predicted octanol–water partition coefficient (Wildman–Crippen LogP) is 1.04. The second kappa shape index (κ2) is 4.59. The zero-order valence-corrected chi connectivity index (χ0v) is 11.2. The van der Waals surface area contributed by atoms with Gasteiger partial charge in [-0.05, 0) is 12.8 Å². The van der Waals surface area contributed by atoms with Crippen LogP contribution in [0.3, 0.4) is 0 Å². The van der Waals surface area contributed by atoms with Crippen LogP contribution in [0.1, 0.15) is 31.0 Å². The van der Waals surface area contributed by atoms with Crippen molar-refractivity contribution in [3.05, 3.63) is 16.9 Å². The Labute approximate surface area is 106 Å². The minimum Gasteiger partial charge on any atom is -0.322 e. The Bertz CT molecular complexity index is 492. The number of hydrogen-bond donors (Lipinski definition) is 1. The molecule has 0 spiro atoms. The van der Waals surface area contributed by atoms with E-state index in [1.165, 1.54) is 6.20 Å². The summed E-state index contributed by atoms with van der Waals surface area (Å²) in [6.45, 7) is 0. The molecule has 0 amide bonds. The topological polar surface area (TPSA) is 78.0 Å². The summed E-state index contributed by atoms with van der Waals surface area (Å²) in [6, 6.07) is -0.597. The van der Waals surface area contributed by atoms with Gasteiger partial charge in [-0.25, -0.2) is 8.42 Å². The zero-order valence-electron chi connectivity index (χ0n) is 9.63. The van der Waals surface area contributed by atoms with E-state index in [9.17, 15) is 8.42 Å². The van der Waals surface area contributed by atoms with Gasteiger partial charge in [-0.1, -0.05) is 18.0 Å². The molecule has 0 radical (unpaired) electrons. The van der Waals surface area contributed by atoms with Gasteiger partial charge in [0.1, 0.15) is 0 Å². The summed E-state index contributed by atoms with van der Waals surface area (Å²) in [7, 11) is -1.39. The number of sulfone groups is 1. The fourth-order valence-electron chi connectivity index (χ4n) is 2.35. The zero-order chi connectivity index (χ0) is 12.6. The standard InChI is InChI=1S/C10H16ClN3O2S/c1-14-10(7(11)6-13-14)9(12)8-4-2-3-5-17(8,15)16/h6,8-9H,2-5,12H2,1H3. The number of aromatic nitrogens is 2. The van der Waals surface area contributed by atoms with Gasteiger partial charge in [0, 0.05) is 7.05 Å². The van der Waals surface area contributed by atoms with E-state index in [4.69, 9.17) is 17.3 Å². The highest BCUT2D eigenvalue weighted by Gasteiger charge is 2.36. The maximum Gasteiger partial charge on any atom is 0.155 e. The van der Waals surface area contributed by atoms with Crippen molar-refractivity contribution in [1.29, 1.82) is 0 Å². The van der Waals surface area contributed by atoms with Gasteiger partial charge < -0.3 is 5.73 Å². The molecule has 7 heteroatoms. The molecule has 1 aromatic rings. The van der Waals surface area contributed by atoms with Crippen LogP contribution < -0.4 is 5.73 Å². The van der Waals surface area contributed by atoms with Gasteiger partial charge in [0.25, 0.3) is 0 Å². The SMILES string of the molecule is Cn1ncc(Cl)c1C(N)C1CCCCS1(=O)=O. The van der Waals surface area contributed by atoms with Crippen molar-refractivity contribution in [2.45, 2.75) is 30.6 Å². The molecule has 0 saturated carbocycles. The third-order valence-electron chi connectivity index (χ3n) is 3.28. The van der Waals surface area contributed by atoms with E-state index in [0.29, 0.717) is 17.1 Å². The predicted molar refractivity (Wildman–Crippen MR) is 66.6 cm³/mol. The lowest BCUT2D eigenvalue weighted by atomic mass is 10.1. The average molecular weight is 278 g/mol. The Morgan fingerprint density at radius 1 is 1.59 bits per heavy atom. The molecule has 5 nitrogen and oxygen atoms in total. The quantitative estimate of drug-likeness (QED) is 0.876. The van der Waals surface area contributed by atoms with Gasteiger partial charge in [-0.2, -0.15) is 5.10 Å². The monoisotopic (exact) mass is 277 g/mol. The van der Waals surface area contributed by atoms with Crippen LogP contribution in [0.15, 0.2) is 6.20 Å². The minimum absolute atomic E-state index is 0.223. The molecule has 1 fully saturated rings. The largest absolute Gasteiger partial charge is 0.322 e. The molecular formula is C10H16ClN3O2S. The lowest BCUT2D eigenvalue weighted by Gasteiger charge is -2.27. The molecule has 0 aromatic carbocycles. The van der Waals surface area contributed by atoms with Crippen molar-refractivity contribution in [3.63, 3.8) is 0 Å². The fourth-order valence-corrected chi connectivity index (χ4v) is 4.66. The number of nitrogens with zero attached hydrogens (tertiary/aromatic N) is 2. The van der Waals surface area contributed by atoms with Gasteiger partial charge >= 0.3 is 0 Å². The summed E-state index contributed by atoms with van der Waals surface area (Å²) in [6.07, 6.45) is 3.72. The van der Waals surface area contributed by atoms with E-state index in [1.807, 2.05) is 0 Å². The number of nitrogens with two attached hydrogens (primary N) is 1. The van der Waals surface area contributed by atoms with E-state index in [-0.39, 0.29) is 5.75 Å². The van der Waals surface area contributed by atoms with Crippen LogP contribution in [-0.2, 0) is 16.9 Å². The Hall–Kier alpha value is -0.590. The smallest absolute Gasteiger partial charge is 0.155 e. The summed E-state index contributed by atoms with van der Waals surface area (Å²) in [5.74, 6) is 0.223. The molecule has 0 aliphatic carbocycles. The molecule has 2 rings (SSSR count). The van der Waals surface area contributed by atoms with Crippen LogP contribution in [0.4, 0.5) is 0 Å². The first-order chi connectivity index (χ1) is 7.93. The molecule has 1 aliphatic heterocycles. The average Bonchev–Trinajstić information content (AvgIpc) is 2.57. The lowest BCUT2D eigenvalue weighted by molar-refractivity contribution is 0.490.